The van der Waals surface area contributed by atoms with Gasteiger partial charge in [0.1, 0.15) is 5.69 Å². The van der Waals surface area contributed by atoms with Crippen molar-refractivity contribution in [2.75, 3.05) is 0 Å². The summed E-state index contributed by atoms with van der Waals surface area (Å²) in [7, 11) is 1.91. The molecule has 2 rings (SSSR count). The predicted octanol–water partition coefficient (Wildman–Crippen LogP) is 4.81. The Hall–Kier alpha value is -2.03. The number of hydrogen-bond donors (Lipinski definition) is 1. The number of benzene rings is 1. The number of amides is 1. The molecule has 0 aliphatic rings. The van der Waals surface area contributed by atoms with E-state index in [-0.39, 0.29) is 16.9 Å². The van der Waals surface area contributed by atoms with Crippen LogP contribution in [0, 0.1) is 5.41 Å². The smallest absolute Gasteiger partial charge is 0.268 e. The van der Waals surface area contributed by atoms with E-state index in [2.05, 4.69) is 50.4 Å². The quantitative estimate of drug-likeness (QED) is 0.863. The highest BCUT2D eigenvalue weighted by atomic mass is 16.2. The average molecular weight is 326 g/mol. The molecule has 0 fully saturated rings. The van der Waals surface area contributed by atoms with Crippen molar-refractivity contribution >= 4 is 5.91 Å². The monoisotopic (exact) mass is 326 g/mol. The summed E-state index contributed by atoms with van der Waals surface area (Å²) in [5.41, 5.74) is 4.27. The van der Waals surface area contributed by atoms with E-state index < -0.39 is 0 Å². The van der Waals surface area contributed by atoms with Crippen molar-refractivity contribution in [3.8, 4) is 11.1 Å². The number of nitrogens with zero attached hydrogens (tertiary/aromatic N) is 1. The highest BCUT2D eigenvalue weighted by molar-refractivity contribution is 5.94. The van der Waals surface area contributed by atoms with E-state index in [1.165, 1.54) is 5.56 Å². The Labute approximate surface area is 146 Å². The SMILES string of the molecule is Cn1cc(-c2ccc(CC(C)(C)C)cc2)cc1C(=O)NC(C)(C)C. The molecule has 0 aliphatic heterocycles. The zero-order valence-corrected chi connectivity index (χ0v) is 16.0. The molecule has 0 spiro atoms. The van der Waals surface area contributed by atoms with Crippen molar-refractivity contribution in [3.05, 3.63) is 47.8 Å². The largest absolute Gasteiger partial charge is 0.346 e. The van der Waals surface area contributed by atoms with Crippen LogP contribution in [0.4, 0.5) is 0 Å². The normalized spacial score (nSPS) is 12.3. The molecule has 0 radical (unpaired) electrons. The number of carbonyl (C=O) groups excluding carboxylic acids is 1. The van der Waals surface area contributed by atoms with Gasteiger partial charge in [-0.15, -0.1) is 0 Å². The van der Waals surface area contributed by atoms with E-state index in [0.29, 0.717) is 5.69 Å². The van der Waals surface area contributed by atoms with Crippen LogP contribution in [0.5, 0.6) is 0 Å². The first-order valence-electron chi connectivity index (χ1n) is 8.53. The Kier molecular flexibility index (Phi) is 4.93. The van der Waals surface area contributed by atoms with Crippen molar-refractivity contribution in [2.45, 2.75) is 53.5 Å². The van der Waals surface area contributed by atoms with Crippen molar-refractivity contribution in [3.63, 3.8) is 0 Å². The van der Waals surface area contributed by atoms with Gasteiger partial charge in [0.2, 0.25) is 0 Å². The maximum Gasteiger partial charge on any atom is 0.268 e. The molecule has 0 atom stereocenters. The maximum atomic E-state index is 12.4. The number of rotatable bonds is 3. The lowest BCUT2D eigenvalue weighted by Gasteiger charge is -2.20. The van der Waals surface area contributed by atoms with Crippen LogP contribution in [-0.2, 0) is 13.5 Å². The lowest BCUT2D eigenvalue weighted by Crippen LogP contribution is -2.41. The Bertz CT molecular complexity index is 710. The molecule has 1 heterocycles. The fourth-order valence-electron chi connectivity index (χ4n) is 2.78. The van der Waals surface area contributed by atoms with Gasteiger partial charge >= 0.3 is 0 Å². The molecular weight excluding hydrogens is 296 g/mol. The van der Waals surface area contributed by atoms with Gasteiger partial charge in [-0.3, -0.25) is 4.79 Å². The molecule has 24 heavy (non-hydrogen) atoms. The maximum absolute atomic E-state index is 12.4. The summed E-state index contributed by atoms with van der Waals surface area (Å²) in [5, 5.41) is 3.02. The Morgan fingerprint density at radius 2 is 1.58 bits per heavy atom. The highest BCUT2D eigenvalue weighted by Crippen LogP contribution is 2.25. The van der Waals surface area contributed by atoms with Crippen molar-refractivity contribution in [1.82, 2.24) is 9.88 Å². The molecular formula is C21H30N2O. The van der Waals surface area contributed by atoms with E-state index >= 15 is 0 Å². The summed E-state index contributed by atoms with van der Waals surface area (Å²) in [4.78, 5) is 12.4. The molecule has 3 nitrogen and oxygen atoms in total. The minimum Gasteiger partial charge on any atom is -0.346 e. The molecule has 3 heteroatoms. The summed E-state index contributed by atoms with van der Waals surface area (Å²) in [5.74, 6) is -0.0411. The van der Waals surface area contributed by atoms with Gasteiger partial charge in [-0.05, 0) is 49.8 Å². The summed E-state index contributed by atoms with van der Waals surface area (Å²) < 4.78 is 1.89. The molecule has 1 N–H and O–H groups in total. The zero-order valence-electron chi connectivity index (χ0n) is 16.0. The topological polar surface area (TPSA) is 34.0 Å². The van der Waals surface area contributed by atoms with Crippen molar-refractivity contribution in [2.24, 2.45) is 12.5 Å². The molecule has 0 saturated heterocycles. The second-order valence-corrected chi connectivity index (χ2v) is 8.86. The van der Waals surface area contributed by atoms with E-state index in [9.17, 15) is 4.79 Å². The van der Waals surface area contributed by atoms with Gasteiger partial charge in [0.15, 0.2) is 0 Å². The second-order valence-electron chi connectivity index (χ2n) is 8.86. The van der Waals surface area contributed by atoms with Crippen molar-refractivity contribution < 1.29 is 4.79 Å². The van der Waals surface area contributed by atoms with E-state index in [1.807, 2.05) is 44.6 Å². The number of hydrogen-bond acceptors (Lipinski definition) is 1. The summed E-state index contributed by atoms with van der Waals surface area (Å²) in [6.45, 7) is 12.7. The molecule has 1 aromatic heterocycles. The fraction of sp³-hybridized carbons (Fsp3) is 0.476. The van der Waals surface area contributed by atoms with Gasteiger partial charge in [-0.1, -0.05) is 45.0 Å². The van der Waals surface area contributed by atoms with Gasteiger partial charge in [-0.25, -0.2) is 0 Å². The molecule has 0 aliphatic carbocycles. The van der Waals surface area contributed by atoms with Crippen LogP contribution >= 0.6 is 0 Å². The van der Waals surface area contributed by atoms with Crippen LogP contribution in [0.1, 0.15) is 57.6 Å². The van der Waals surface area contributed by atoms with Gasteiger partial charge in [0.25, 0.3) is 5.91 Å². The summed E-state index contributed by atoms with van der Waals surface area (Å²) in [6, 6.07) is 10.6. The first-order valence-corrected chi connectivity index (χ1v) is 8.53. The zero-order chi connectivity index (χ0) is 18.1. The molecule has 0 bridgehead atoms. The first kappa shape index (κ1) is 18.3. The summed E-state index contributed by atoms with van der Waals surface area (Å²) in [6.07, 6.45) is 3.07. The number of nitrogens with one attached hydrogen (secondary N) is 1. The van der Waals surface area contributed by atoms with Crippen molar-refractivity contribution in [1.29, 1.82) is 0 Å². The Balaban J connectivity index is 2.22. The molecule has 1 amide bonds. The van der Waals surface area contributed by atoms with Crippen LogP contribution < -0.4 is 5.32 Å². The molecule has 130 valence electrons. The number of aryl methyl sites for hydroxylation is 1. The van der Waals surface area contributed by atoms with Gasteiger partial charge < -0.3 is 9.88 Å². The van der Waals surface area contributed by atoms with Crippen LogP contribution in [0.2, 0.25) is 0 Å². The lowest BCUT2D eigenvalue weighted by molar-refractivity contribution is 0.0911. The summed E-state index contributed by atoms with van der Waals surface area (Å²) >= 11 is 0. The average Bonchev–Trinajstić information content (AvgIpc) is 2.78. The van der Waals surface area contributed by atoms with Crippen LogP contribution in [0.3, 0.4) is 0 Å². The number of carbonyl (C=O) groups is 1. The van der Waals surface area contributed by atoms with E-state index in [1.54, 1.807) is 0 Å². The van der Waals surface area contributed by atoms with Gasteiger partial charge in [-0.2, -0.15) is 0 Å². The first-order chi connectivity index (χ1) is 10.9. The third-order valence-electron chi connectivity index (χ3n) is 3.75. The minimum atomic E-state index is -0.240. The molecule has 1 aromatic carbocycles. The molecule has 2 aromatic rings. The third-order valence-corrected chi connectivity index (χ3v) is 3.75. The van der Waals surface area contributed by atoms with Crippen LogP contribution in [0.25, 0.3) is 11.1 Å². The molecule has 0 saturated carbocycles. The van der Waals surface area contributed by atoms with Crippen LogP contribution in [-0.4, -0.2) is 16.0 Å². The Morgan fingerprint density at radius 1 is 1.00 bits per heavy atom. The third kappa shape index (κ3) is 4.98. The standard InChI is InChI=1S/C21H30N2O/c1-20(2,3)13-15-8-10-16(11-9-15)17-12-18(23(7)14-17)19(24)22-21(4,5)6/h8-12,14H,13H2,1-7H3,(H,22,24). The predicted molar refractivity (Wildman–Crippen MR) is 101 cm³/mol. The second kappa shape index (κ2) is 6.46. The lowest BCUT2D eigenvalue weighted by atomic mass is 9.88. The van der Waals surface area contributed by atoms with Crippen LogP contribution in [0.15, 0.2) is 36.5 Å². The fourth-order valence-corrected chi connectivity index (χ4v) is 2.78. The molecule has 0 unspecified atom stereocenters. The highest BCUT2D eigenvalue weighted by Gasteiger charge is 2.18. The minimum absolute atomic E-state index is 0.0411. The Morgan fingerprint density at radius 3 is 2.08 bits per heavy atom. The number of aromatic nitrogens is 1. The van der Waals surface area contributed by atoms with Gasteiger partial charge in [0, 0.05) is 24.3 Å². The van der Waals surface area contributed by atoms with E-state index in [0.717, 1.165) is 17.5 Å². The van der Waals surface area contributed by atoms with Gasteiger partial charge in [0.05, 0.1) is 0 Å². The van der Waals surface area contributed by atoms with E-state index in [4.69, 9.17) is 0 Å².